The van der Waals surface area contributed by atoms with Crippen LogP contribution in [0.4, 0.5) is 4.39 Å². The van der Waals surface area contributed by atoms with E-state index in [0.717, 1.165) is 40.0 Å². The van der Waals surface area contributed by atoms with Crippen LogP contribution in [-0.4, -0.2) is 0 Å². The number of benzene rings is 1. The number of nitrogens with one attached hydrogen (secondary N) is 1. The Hall–Kier alpha value is -1.97. The van der Waals surface area contributed by atoms with Gasteiger partial charge in [0, 0.05) is 12.2 Å². The first-order valence-corrected chi connectivity index (χ1v) is 9.04. The van der Waals surface area contributed by atoms with Gasteiger partial charge in [0.1, 0.15) is 5.82 Å². The molecule has 0 spiro atoms. The molecule has 0 saturated heterocycles. The summed E-state index contributed by atoms with van der Waals surface area (Å²) in [5.74, 6) is 0.914. The van der Waals surface area contributed by atoms with Gasteiger partial charge in [0.15, 0.2) is 0 Å². The van der Waals surface area contributed by atoms with E-state index in [-0.39, 0.29) is 5.82 Å². The standard InChI is InChI=1S/C19H30FN3.C2H6/c1-11(2)7-18(21)14(5)15(6)19(22)23-10-17-12(3)8-16(20)9-13(17)4;1-2/h8-9,11,23H,7,10,21-22H2,1-6H3;1-2H3/b18-14-,19-15+;. The summed E-state index contributed by atoms with van der Waals surface area (Å²) in [5, 5.41) is 3.23. The quantitative estimate of drug-likeness (QED) is 0.631. The van der Waals surface area contributed by atoms with E-state index in [2.05, 4.69) is 19.2 Å². The summed E-state index contributed by atoms with van der Waals surface area (Å²) in [5.41, 5.74) is 18.1. The van der Waals surface area contributed by atoms with Crippen LogP contribution in [0.2, 0.25) is 0 Å². The summed E-state index contributed by atoms with van der Waals surface area (Å²) < 4.78 is 13.4. The lowest BCUT2D eigenvalue weighted by atomic mass is 10.0. The van der Waals surface area contributed by atoms with Crippen LogP contribution in [0.3, 0.4) is 0 Å². The maximum atomic E-state index is 13.4. The molecule has 5 N–H and O–H groups in total. The fourth-order valence-electron chi connectivity index (χ4n) is 2.57. The van der Waals surface area contributed by atoms with Crippen molar-refractivity contribution >= 4 is 0 Å². The predicted molar refractivity (Wildman–Crippen MR) is 107 cm³/mol. The highest BCUT2D eigenvalue weighted by atomic mass is 19.1. The van der Waals surface area contributed by atoms with Gasteiger partial charge in [-0.25, -0.2) is 4.39 Å². The lowest BCUT2D eigenvalue weighted by Crippen LogP contribution is -2.23. The molecule has 0 amide bonds. The Morgan fingerprint density at radius 3 is 1.96 bits per heavy atom. The molecule has 0 aromatic heterocycles. The normalized spacial score (nSPS) is 12.9. The summed E-state index contributed by atoms with van der Waals surface area (Å²) in [6, 6.07) is 3.09. The van der Waals surface area contributed by atoms with Crippen molar-refractivity contribution in [2.45, 2.75) is 68.4 Å². The Kier molecular flexibility index (Phi) is 9.95. The van der Waals surface area contributed by atoms with Crippen molar-refractivity contribution in [3.63, 3.8) is 0 Å². The van der Waals surface area contributed by atoms with E-state index in [1.807, 2.05) is 41.5 Å². The van der Waals surface area contributed by atoms with Gasteiger partial charge in [-0.3, -0.25) is 0 Å². The number of rotatable bonds is 6. The van der Waals surface area contributed by atoms with E-state index in [1.54, 1.807) is 12.1 Å². The minimum Gasteiger partial charge on any atom is -0.402 e. The van der Waals surface area contributed by atoms with Gasteiger partial charge in [-0.05, 0) is 80.0 Å². The highest BCUT2D eigenvalue weighted by Gasteiger charge is 2.09. The molecule has 4 heteroatoms. The molecular weight excluding hydrogens is 313 g/mol. The number of halogens is 1. The summed E-state index contributed by atoms with van der Waals surface area (Å²) >= 11 is 0. The van der Waals surface area contributed by atoms with Crippen molar-refractivity contribution in [1.29, 1.82) is 0 Å². The van der Waals surface area contributed by atoms with Crippen LogP contribution in [0.15, 0.2) is 34.8 Å². The third kappa shape index (κ3) is 7.20. The first kappa shape index (κ1) is 23.0. The van der Waals surface area contributed by atoms with Crippen molar-refractivity contribution in [3.05, 3.63) is 57.3 Å². The third-order valence-corrected chi connectivity index (χ3v) is 4.19. The number of hydrogen-bond donors (Lipinski definition) is 3. The molecule has 0 bridgehead atoms. The monoisotopic (exact) mass is 349 g/mol. The lowest BCUT2D eigenvalue weighted by Gasteiger charge is -2.16. The number of allylic oxidation sites excluding steroid dienone is 3. The summed E-state index contributed by atoms with van der Waals surface area (Å²) in [7, 11) is 0. The average molecular weight is 350 g/mol. The molecule has 0 saturated carbocycles. The molecule has 0 atom stereocenters. The number of hydrogen-bond acceptors (Lipinski definition) is 3. The van der Waals surface area contributed by atoms with E-state index in [1.165, 1.54) is 0 Å². The van der Waals surface area contributed by atoms with Crippen molar-refractivity contribution in [3.8, 4) is 0 Å². The van der Waals surface area contributed by atoms with Gasteiger partial charge in [-0.1, -0.05) is 27.7 Å². The van der Waals surface area contributed by atoms with Gasteiger partial charge in [-0.2, -0.15) is 0 Å². The molecule has 1 rings (SSSR count). The Balaban J connectivity index is 0.00000277. The molecule has 0 radical (unpaired) electrons. The van der Waals surface area contributed by atoms with Crippen LogP contribution >= 0.6 is 0 Å². The highest BCUT2D eigenvalue weighted by molar-refractivity contribution is 5.36. The van der Waals surface area contributed by atoms with Gasteiger partial charge in [-0.15, -0.1) is 0 Å². The lowest BCUT2D eigenvalue weighted by molar-refractivity contribution is 0.623. The van der Waals surface area contributed by atoms with Crippen LogP contribution in [0.5, 0.6) is 0 Å². The molecule has 0 aliphatic carbocycles. The topological polar surface area (TPSA) is 64.1 Å². The number of aryl methyl sites for hydroxylation is 2. The van der Waals surface area contributed by atoms with E-state index < -0.39 is 0 Å². The van der Waals surface area contributed by atoms with Crippen molar-refractivity contribution in [1.82, 2.24) is 5.32 Å². The predicted octanol–water partition coefficient (Wildman–Crippen LogP) is 5.03. The minimum absolute atomic E-state index is 0.205. The minimum atomic E-state index is -0.205. The molecule has 1 aromatic rings. The van der Waals surface area contributed by atoms with E-state index in [0.29, 0.717) is 18.3 Å². The Morgan fingerprint density at radius 2 is 1.52 bits per heavy atom. The Bertz CT molecular complexity index is 605. The van der Waals surface area contributed by atoms with Gasteiger partial charge < -0.3 is 16.8 Å². The van der Waals surface area contributed by atoms with Crippen LogP contribution < -0.4 is 16.8 Å². The molecular formula is C21H36FN3. The van der Waals surface area contributed by atoms with Crippen LogP contribution in [0.1, 0.15) is 64.7 Å². The second-order valence-electron chi connectivity index (χ2n) is 6.66. The molecule has 1 aromatic carbocycles. The van der Waals surface area contributed by atoms with Crippen LogP contribution in [0, 0.1) is 25.6 Å². The second-order valence-corrected chi connectivity index (χ2v) is 6.66. The van der Waals surface area contributed by atoms with E-state index in [4.69, 9.17) is 11.5 Å². The van der Waals surface area contributed by atoms with Crippen LogP contribution in [-0.2, 0) is 6.54 Å². The Labute approximate surface area is 153 Å². The molecule has 142 valence electrons. The van der Waals surface area contributed by atoms with Gasteiger partial charge in [0.25, 0.3) is 0 Å². The number of nitrogens with two attached hydrogens (primary N) is 2. The van der Waals surface area contributed by atoms with Gasteiger partial charge >= 0.3 is 0 Å². The Morgan fingerprint density at radius 1 is 1.04 bits per heavy atom. The smallest absolute Gasteiger partial charge is 0.123 e. The van der Waals surface area contributed by atoms with Crippen LogP contribution in [0.25, 0.3) is 0 Å². The van der Waals surface area contributed by atoms with E-state index >= 15 is 0 Å². The zero-order valence-corrected chi connectivity index (χ0v) is 17.2. The highest BCUT2D eigenvalue weighted by Crippen LogP contribution is 2.19. The summed E-state index contributed by atoms with van der Waals surface area (Å²) in [6.07, 6.45) is 0.854. The SMILES string of the molecule is CC.CC(=C(/N)CC(C)C)/C(C)=C(\N)NCc1c(C)cc(F)cc1C. The zero-order chi connectivity index (χ0) is 19.7. The molecule has 0 unspecified atom stereocenters. The van der Waals surface area contributed by atoms with Crippen molar-refractivity contribution in [2.75, 3.05) is 0 Å². The maximum absolute atomic E-state index is 13.4. The molecule has 3 nitrogen and oxygen atoms in total. The molecule has 0 fully saturated rings. The average Bonchev–Trinajstić information content (AvgIpc) is 2.53. The zero-order valence-electron chi connectivity index (χ0n) is 17.2. The molecule has 25 heavy (non-hydrogen) atoms. The van der Waals surface area contributed by atoms with E-state index in [9.17, 15) is 4.39 Å². The van der Waals surface area contributed by atoms with Gasteiger partial charge in [0.05, 0.1) is 5.82 Å². The third-order valence-electron chi connectivity index (χ3n) is 4.19. The van der Waals surface area contributed by atoms with Crippen molar-refractivity contribution in [2.24, 2.45) is 17.4 Å². The molecule has 0 aliphatic heterocycles. The van der Waals surface area contributed by atoms with Gasteiger partial charge in [0.2, 0.25) is 0 Å². The summed E-state index contributed by atoms with van der Waals surface area (Å²) in [4.78, 5) is 0. The summed E-state index contributed by atoms with van der Waals surface area (Å²) in [6.45, 7) is 16.6. The van der Waals surface area contributed by atoms with Crippen molar-refractivity contribution < 1.29 is 4.39 Å². The fourth-order valence-corrected chi connectivity index (χ4v) is 2.57. The largest absolute Gasteiger partial charge is 0.402 e. The molecule has 0 aliphatic rings. The fraction of sp³-hybridized carbons (Fsp3) is 0.524. The molecule has 0 heterocycles. The first-order chi connectivity index (χ1) is 11.6. The maximum Gasteiger partial charge on any atom is 0.123 e. The first-order valence-electron chi connectivity index (χ1n) is 9.04. The second kappa shape index (κ2) is 10.8.